The molecule has 7 heterocycles. The Hall–Kier alpha value is -6.66. The maximum atomic E-state index is 5.34. The number of benzene rings is 2. The second-order valence-corrected chi connectivity index (χ2v) is 12.6. The summed E-state index contributed by atoms with van der Waals surface area (Å²) in [5.41, 5.74) is 14.9. The maximum Gasteiger partial charge on any atom is 0.169 e. The largest absolute Gasteiger partial charge is 0.657 e. The van der Waals surface area contributed by atoms with Crippen molar-refractivity contribution in [2.45, 2.75) is 0 Å². The predicted molar refractivity (Wildman–Crippen MR) is 203 cm³/mol. The summed E-state index contributed by atoms with van der Waals surface area (Å²) in [5, 5.41) is 0. The lowest BCUT2D eigenvalue weighted by molar-refractivity contribution is -0.671. The van der Waals surface area contributed by atoms with Gasteiger partial charge in [0.25, 0.3) is 0 Å². The summed E-state index contributed by atoms with van der Waals surface area (Å²) in [4.78, 5) is 23.4. The highest BCUT2D eigenvalue weighted by Crippen LogP contribution is 2.38. The third kappa shape index (κ3) is 5.24. The summed E-state index contributed by atoms with van der Waals surface area (Å²) in [7, 11) is 4.05. The summed E-state index contributed by atoms with van der Waals surface area (Å²) >= 11 is 0. The molecule has 2 aromatic carbocycles. The van der Waals surface area contributed by atoms with Gasteiger partial charge in [-0.15, -0.1) is 11.4 Å². The van der Waals surface area contributed by atoms with Crippen molar-refractivity contribution in [1.82, 2.24) is 9.88 Å². The number of pyridine rings is 1. The van der Waals surface area contributed by atoms with Crippen LogP contribution in [0.3, 0.4) is 0 Å². The van der Waals surface area contributed by atoms with E-state index < -0.39 is 0 Å². The van der Waals surface area contributed by atoms with Gasteiger partial charge in [-0.05, 0) is 82.0 Å². The lowest BCUT2D eigenvalue weighted by Gasteiger charge is -2.21. The van der Waals surface area contributed by atoms with Crippen molar-refractivity contribution >= 4 is 39.4 Å². The van der Waals surface area contributed by atoms with E-state index in [0.717, 1.165) is 90.2 Å². The van der Waals surface area contributed by atoms with Gasteiger partial charge < -0.3 is 9.88 Å². The Balaban J connectivity index is 1.36. The number of aryl methyl sites for hydroxylation is 1. The van der Waals surface area contributed by atoms with Crippen molar-refractivity contribution in [2.75, 3.05) is 7.05 Å². The molecule has 0 spiro atoms. The molecule has 5 aliphatic heterocycles. The molecule has 8 bridgehead atoms. The molecular weight excluding hydrogens is 613 g/mol. The lowest BCUT2D eigenvalue weighted by Crippen LogP contribution is -2.25. The molecule has 2 aromatic heterocycles. The fourth-order valence-corrected chi connectivity index (χ4v) is 6.82. The number of rotatable bonds is 3. The molecule has 5 aliphatic rings. The Morgan fingerprint density at radius 1 is 0.480 bits per heavy atom. The first-order chi connectivity index (χ1) is 24.6. The SMILES string of the molecule is CN1C=CC(=C2C3=NC(=C(c4ccccc4)C4=NC(=C(c5ccccc5)C5=NC(=C(c6cc[n+](C)cc6)c6ccc2[n-]6)C=C5)C=C4)C=C3)C=C1. The minimum Gasteiger partial charge on any atom is -0.657 e. The van der Waals surface area contributed by atoms with Crippen LogP contribution in [-0.4, -0.2) is 29.1 Å². The van der Waals surface area contributed by atoms with Crippen molar-refractivity contribution in [2.24, 2.45) is 22.0 Å². The Morgan fingerprint density at radius 2 is 0.920 bits per heavy atom. The molecule has 0 saturated heterocycles. The zero-order chi connectivity index (χ0) is 33.6. The van der Waals surface area contributed by atoms with Gasteiger partial charge in [0.15, 0.2) is 12.4 Å². The molecule has 0 saturated carbocycles. The van der Waals surface area contributed by atoms with Gasteiger partial charge in [0.05, 0.1) is 34.2 Å². The molecule has 50 heavy (non-hydrogen) atoms. The molecule has 4 aromatic rings. The van der Waals surface area contributed by atoms with Gasteiger partial charge in [0, 0.05) is 42.7 Å². The lowest BCUT2D eigenvalue weighted by atomic mass is 9.98. The van der Waals surface area contributed by atoms with E-state index in [0.29, 0.717) is 0 Å². The Kier molecular flexibility index (Phi) is 7.13. The summed E-state index contributed by atoms with van der Waals surface area (Å²) < 4.78 is 2.04. The van der Waals surface area contributed by atoms with Crippen molar-refractivity contribution in [3.8, 4) is 0 Å². The molecule has 6 heteroatoms. The van der Waals surface area contributed by atoms with Crippen LogP contribution in [0.4, 0.5) is 0 Å². The van der Waals surface area contributed by atoms with Gasteiger partial charge in [0.1, 0.15) is 7.05 Å². The highest BCUT2D eigenvalue weighted by Gasteiger charge is 2.25. The fourth-order valence-electron chi connectivity index (χ4n) is 6.82. The van der Waals surface area contributed by atoms with Gasteiger partial charge in [0.2, 0.25) is 0 Å². The van der Waals surface area contributed by atoms with E-state index >= 15 is 0 Å². The second kappa shape index (κ2) is 12.1. The van der Waals surface area contributed by atoms with Crippen molar-refractivity contribution in [1.29, 1.82) is 0 Å². The van der Waals surface area contributed by atoms with Crippen LogP contribution in [0, 0.1) is 0 Å². The van der Waals surface area contributed by atoms with Crippen LogP contribution in [0.5, 0.6) is 0 Å². The van der Waals surface area contributed by atoms with Crippen LogP contribution in [-0.2, 0) is 7.05 Å². The van der Waals surface area contributed by atoms with Gasteiger partial charge >= 0.3 is 0 Å². The van der Waals surface area contributed by atoms with Gasteiger partial charge in [-0.25, -0.2) is 19.5 Å². The average Bonchev–Trinajstić information content (AvgIpc) is 3.98. The Morgan fingerprint density at radius 3 is 1.44 bits per heavy atom. The van der Waals surface area contributed by atoms with Crippen LogP contribution in [0.2, 0.25) is 0 Å². The zero-order valence-corrected chi connectivity index (χ0v) is 27.7. The van der Waals surface area contributed by atoms with E-state index in [-0.39, 0.29) is 0 Å². The number of aliphatic imine (C=N–C) groups is 3. The molecule has 6 nitrogen and oxygen atoms in total. The number of fused-ring (bicyclic) bond motifs is 5. The molecule has 0 amide bonds. The number of hydrogen-bond acceptors (Lipinski definition) is 4. The monoisotopic (exact) mass is 644 g/mol. The van der Waals surface area contributed by atoms with E-state index in [2.05, 4.69) is 146 Å². The third-order valence-corrected chi connectivity index (χ3v) is 9.27. The van der Waals surface area contributed by atoms with Crippen LogP contribution in [0.1, 0.15) is 28.1 Å². The standard InChI is InChI=1S/C44H32N6/c1-49-25-21-31(22-26-49)43-37-17-15-35(46-37)41(29-9-5-3-6-10-29)33-13-14-34(45-33)42(30-11-7-4-8-12-30)36-16-18-38(47-36)44(40-20-19-39(43)48-40)32-23-27-50(2)28-24-32/h3-28H,1-2H3. The third-order valence-electron chi connectivity index (χ3n) is 9.27. The number of aromatic nitrogens is 2. The highest BCUT2D eigenvalue weighted by atomic mass is 15.0. The molecule has 0 atom stereocenters. The minimum atomic E-state index is 0.850. The molecule has 0 N–H and O–H groups in total. The predicted octanol–water partition coefficient (Wildman–Crippen LogP) is 7.82. The van der Waals surface area contributed by atoms with Gasteiger partial charge in [-0.2, -0.15) is 0 Å². The van der Waals surface area contributed by atoms with Crippen molar-refractivity contribution in [3.05, 3.63) is 209 Å². The summed E-state index contributed by atoms with van der Waals surface area (Å²) in [6.45, 7) is 0. The molecule has 9 rings (SSSR count). The topological polar surface area (TPSA) is 58.3 Å². The summed E-state index contributed by atoms with van der Waals surface area (Å²) in [6, 6.07) is 29.2. The zero-order valence-electron chi connectivity index (χ0n) is 27.7. The minimum absolute atomic E-state index is 0.850. The Bertz CT molecular complexity index is 2430. The molecule has 238 valence electrons. The van der Waals surface area contributed by atoms with Crippen molar-refractivity contribution in [3.63, 3.8) is 0 Å². The van der Waals surface area contributed by atoms with Crippen LogP contribution < -0.4 is 9.55 Å². The molecule has 0 radical (unpaired) electrons. The maximum absolute atomic E-state index is 5.34. The second-order valence-electron chi connectivity index (χ2n) is 12.6. The Labute approximate surface area is 291 Å². The smallest absolute Gasteiger partial charge is 0.169 e. The number of hydrogen-bond donors (Lipinski definition) is 0. The quantitative estimate of drug-likeness (QED) is 0.214. The van der Waals surface area contributed by atoms with Crippen LogP contribution >= 0.6 is 0 Å². The molecule has 0 aliphatic carbocycles. The van der Waals surface area contributed by atoms with E-state index in [1.165, 1.54) is 0 Å². The number of allylic oxidation sites excluding steroid dienone is 12. The van der Waals surface area contributed by atoms with E-state index in [9.17, 15) is 0 Å². The summed E-state index contributed by atoms with van der Waals surface area (Å²) in [5.74, 6) is 0. The molecule has 0 unspecified atom stereocenters. The van der Waals surface area contributed by atoms with Crippen LogP contribution in [0.25, 0.3) is 22.3 Å². The van der Waals surface area contributed by atoms with E-state index in [4.69, 9.17) is 20.0 Å². The number of nitrogens with zero attached hydrogens (tertiary/aromatic N) is 6. The van der Waals surface area contributed by atoms with Crippen LogP contribution in [0.15, 0.2) is 196 Å². The normalized spacial score (nSPS) is 17.8. The first-order valence-corrected chi connectivity index (χ1v) is 16.7. The molecular formula is C44H32N6. The fraction of sp³-hybridized carbons (Fsp3) is 0.0455. The highest BCUT2D eigenvalue weighted by molar-refractivity contribution is 6.37. The van der Waals surface area contributed by atoms with E-state index in [1.807, 2.05) is 35.7 Å². The van der Waals surface area contributed by atoms with Crippen molar-refractivity contribution < 1.29 is 4.57 Å². The molecule has 0 fully saturated rings. The average molecular weight is 645 g/mol. The summed E-state index contributed by atoms with van der Waals surface area (Å²) in [6.07, 6.45) is 25.1. The van der Waals surface area contributed by atoms with E-state index in [1.54, 1.807) is 0 Å². The van der Waals surface area contributed by atoms with Gasteiger partial charge in [-0.3, -0.25) is 0 Å². The first kappa shape index (κ1) is 29.5. The first-order valence-electron chi connectivity index (χ1n) is 16.7. The van der Waals surface area contributed by atoms with Gasteiger partial charge in [-0.1, -0.05) is 72.8 Å².